The van der Waals surface area contributed by atoms with Crippen LogP contribution in [0.1, 0.15) is 39.3 Å². The van der Waals surface area contributed by atoms with E-state index in [0.29, 0.717) is 25.2 Å². The summed E-state index contributed by atoms with van der Waals surface area (Å²) in [7, 11) is 0. The summed E-state index contributed by atoms with van der Waals surface area (Å²) in [6, 6.07) is 3.02. The molecule has 2 heterocycles. The molecule has 0 fully saturated rings. The van der Waals surface area contributed by atoms with E-state index in [9.17, 15) is 9.18 Å². The maximum atomic E-state index is 13.9. The Bertz CT molecular complexity index is 779. The molecule has 3 rings (SSSR count). The van der Waals surface area contributed by atoms with Crippen LogP contribution < -0.4 is 10.1 Å². The first kappa shape index (κ1) is 16.5. The highest BCUT2D eigenvalue weighted by Crippen LogP contribution is 2.39. The molecule has 0 radical (unpaired) electrons. The molecule has 2 aromatic rings. The van der Waals surface area contributed by atoms with Crippen LogP contribution in [0.3, 0.4) is 0 Å². The van der Waals surface area contributed by atoms with Gasteiger partial charge in [-0.1, -0.05) is 6.92 Å². The van der Waals surface area contributed by atoms with E-state index in [4.69, 9.17) is 9.47 Å². The van der Waals surface area contributed by atoms with E-state index in [0.717, 1.165) is 11.1 Å². The van der Waals surface area contributed by atoms with Crippen LogP contribution in [0, 0.1) is 5.82 Å². The molecule has 24 heavy (non-hydrogen) atoms. The van der Waals surface area contributed by atoms with E-state index in [-0.39, 0.29) is 17.5 Å². The van der Waals surface area contributed by atoms with Crippen molar-refractivity contribution in [2.24, 2.45) is 0 Å². The number of carbonyl (C=O) groups excluding carboxylic acids is 1. The summed E-state index contributed by atoms with van der Waals surface area (Å²) >= 11 is 0. The summed E-state index contributed by atoms with van der Waals surface area (Å²) < 4.78 is 26.5. The van der Waals surface area contributed by atoms with Crippen LogP contribution in [0.4, 0.5) is 9.18 Å². The minimum Gasteiger partial charge on any atom is -0.489 e. The van der Waals surface area contributed by atoms with E-state index in [1.165, 1.54) is 6.07 Å². The van der Waals surface area contributed by atoms with Crippen molar-refractivity contribution in [1.29, 1.82) is 0 Å². The molecule has 1 N–H and O–H groups in total. The fourth-order valence-electron chi connectivity index (χ4n) is 2.87. The second-order valence-corrected chi connectivity index (χ2v) is 7.02. The minimum absolute atomic E-state index is 0.103. The Balaban J connectivity index is 1.78. The van der Waals surface area contributed by atoms with E-state index in [2.05, 4.69) is 10.4 Å². The SMILES string of the molecule is C[C@@H]1COc2c(F)ccc3nn(CCNC(=O)OC(C)(C)C)c1c23. The number of rotatable bonds is 3. The van der Waals surface area contributed by atoms with Gasteiger partial charge in [0.15, 0.2) is 11.6 Å². The molecule has 0 saturated carbocycles. The average Bonchev–Trinajstić information content (AvgIpc) is 2.83. The molecule has 1 amide bonds. The topological polar surface area (TPSA) is 65.4 Å². The van der Waals surface area contributed by atoms with Crippen molar-refractivity contribution in [3.63, 3.8) is 0 Å². The van der Waals surface area contributed by atoms with Gasteiger partial charge in [-0.2, -0.15) is 5.10 Å². The first-order valence-corrected chi connectivity index (χ1v) is 8.05. The maximum absolute atomic E-state index is 13.9. The highest BCUT2D eigenvalue weighted by molar-refractivity contribution is 5.89. The third kappa shape index (κ3) is 3.16. The zero-order chi connectivity index (χ0) is 17.5. The van der Waals surface area contributed by atoms with Gasteiger partial charge in [-0.15, -0.1) is 0 Å². The third-order valence-electron chi connectivity index (χ3n) is 3.79. The smallest absolute Gasteiger partial charge is 0.407 e. The van der Waals surface area contributed by atoms with Gasteiger partial charge in [0.2, 0.25) is 0 Å². The van der Waals surface area contributed by atoms with Gasteiger partial charge in [-0.05, 0) is 32.9 Å². The summed E-state index contributed by atoms with van der Waals surface area (Å²) in [5.74, 6) is -0.000131. The molecular weight excluding hydrogens is 313 g/mol. The number of carbonyl (C=O) groups is 1. The number of hydrogen-bond acceptors (Lipinski definition) is 4. The summed E-state index contributed by atoms with van der Waals surface area (Å²) in [4.78, 5) is 11.7. The second-order valence-electron chi connectivity index (χ2n) is 7.02. The summed E-state index contributed by atoms with van der Waals surface area (Å²) in [6.45, 7) is 8.73. The number of aromatic nitrogens is 2. The average molecular weight is 335 g/mol. The van der Waals surface area contributed by atoms with Crippen molar-refractivity contribution in [3.05, 3.63) is 23.6 Å². The van der Waals surface area contributed by atoms with E-state index in [1.807, 2.05) is 32.4 Å². The number of nitrogens with one attached hydrogen (secondary N) is 1. The summed E-state index contributed by atoms with van der Waals surface area (Å²) in [5.41, 5.74) is 1.11. The Morgan fingerprint density at radius 2 is 2.25 bits per heavy atom. The molecular formula is C17H22FN3O3. The number of nitrogens with zero attached hydrogens (tertiary/aromatic N) is 2. The monoisotopic (exact) mass is 335 g/mol. The Kier molecular flexibility index (Phi) is 4.11. The minimum atomic E-state index is -0.533. The van der Waals surface area contributed by atoms with Crippen molar-refractivity contribution < 1.29 is 18.7 Å². The van der Waals surface area contributed by atoms with Gasteiger partial charge in [-0.3, -0.25) is 4.68 Å². The second kappa shape index (κ2) is 5.96. The lowest BCUT2D eigenvalue weighted by Gasteiger charge is -2.22. The molecule has 0 bridgehead atoms. The largest absolute Gasteiger partial charge is 0.489 e. The van der Waals surface area contributed by atoms with Crippen molar-refractivity contribution in [2.45, 2.75) is 45.8 Å². The quantitative estimate of drug-likeness (QED) is 0.935. The van der Waals surface area contributed by atoms with Crippen LogP contribution in [-0.4, -0.2) is 34.6 Å². The van der Waals surface area contributed by atoms with Crippen LogP contribution in [0.2, 0.25) is 0 Å². The van der Waals surface area contributed by atoms with Crippen molar-refractivity contribution in [3.8, 4) is 5.75 Å². The molecule has 7 heteroatoms. The van der Waals surface area contributed by atoms with Crippen molar-refractivity contribution >= 4 is 17.0 Å². The molecule has 6 nitrogen and oxygen atoms in total. The Morgan fingerprint density at radius 1 is 1.50 bits per heavy atom. The van der Waals surface area contributed by atoms with Gasteiger partial charge in [0.1, 0.15) is 5.60 Å². The molecule has 1 aliphatic heterocycles. The van der Waals surface area contributed by atoms with E-state index >= 15 is 0 Å². The lowest BCUT2D eigenvalue weighted by molar-refractivity contribution is 0.0525. The Morgan fingerprint density at radius 3 is 2.96 bits per heavy atom. The Hall–Kier alpha value is -2.31. The number of benzene rings is 1. The van der Waals surface area contributed by atoms with Gasteiger partial charge < -0.3 is 14.8 Å². The molecule has 0 aliphatic carbocycles. The molecule has 1 atom stereocenters. The van der Waals surface area contributed by atoms with Gasteiger partial charge in [0, 0.05) is 12.5 Å². The van der Waals surface area contributed by atoms with Crippen LogP contribution in [-0.2, 0) is 11.3 Å². The van der Waals surface area contributed by atoms with Gasteiger partial charge >= 0.3 is 6.09 Å². The standard InChI is InChI=1S/C17H22FN3O3/c1-10-9-23-15-11(18)5-6-12-13(15)14(10)21(20-12)8-7-19-16(22)24-17(2,3)4/h5-6,10H,7-9H2,1-4H3,(H,19,22)/t10-/m1/s1. The highest BCUT2D eigenvalue weighted by Gasteiger charge is 2.27. The van der Waals surface area contributed by atoms with Crippen molar-refractivity contribution in [2.75, 3.05) is 13.2 Å². The van der Waals surface area contributed by atoms with E-state index in [1.54, 1.807) is 6.07 Å². The predicted octanol–water partition coefficient (Wildman–Crippen LogP) is 3.20. The van der Waals surface area contributed by atoms with Crippen LogP contribution in [0.25, 0.3) is 10.9 Å². The zero-order valence-corrected chi connectivity index (χ0v) is 14.4. The van der Waals surface area contributed by atoms with E-state index < -0.39 is 11.7 Å². The van der Waals surface area contributed by atoms with Crippen LogP contribution >= 0.6 is 0 Å². The molecule has 1 aromatic heterocycles. The molecule has 130 valence electrons. The molecule has 0 saturated heterocycles. The molecule has 0 unspecified atom stereocenters. The third-order valence-corrected chi connectivity index (χ3v) is 3.79. The van der Waals surface area contributed by atoms with Gasteiger partial charge in [-0.25, -0.2) is 9.18 Å². The predicted molar refractivity (Wildman–Crippen MR) is 87.8 cm³/mol. The fourth-order valence-corrected chi connectivity index (χ4v) is 2.87. The zero-order valence-electron chi connectivity index (χ0n) is 14.4. The number of halogens is 1. The number of alkyl carbamates (subject to hydrolysis) is 1. The number of hydrogen-bond donors (Lipinski definition) is 1. The Labute approximate surface area is 139 Å². The maximum Gasteiger partial charge on any atom is 0.407 e. The van der Waals surface area contributed by atoms with Gasteiger partial charge in [0.25, 0.3) is 0 Å². The van der Waals surface area contributed by atoms with Crippen LogP contribution in [0.15, 0.2) is 12.1 Å². The molecule has 0 spiro atoms. The van der Waals surface area contributed by atoms with Gasteiger partial charge in [0.05, 0.1) is 29.7 Å². The first-order valence-electron chi connectivity index (χ1n) is 8.05. The highest BCUT2D eigenvalue weighted by atomic mass is 19.1. The first-order chi connectivity index (χ1) is 11.3. The summed E-state index contributed by atoms with van der Waals surface area (Å²) in [6.07, 6.45) is -0.462. The normalized spacial score (nSPS) is 16.8. The molecule has 1 aromatic carbocycles. The number of ether oxygens (including phenoxy) is 2. The lowest BCUT2D eigenvalue weighted by atomic mass is 10.0. The fraction of sp³-hybridized carbons (Fsp3) is 0.529. The van der Waals surface area contributed by atoms with Crippen molar-refractivity contribution in [1.82, 2.24) is 15.1 Å². The molecule has 1 aliphatic rings. The number of amides is 1. The lowest BCUT2D eigenvalue weighted by Crippen LogP contribution is -2.34. The summed E-state index contributed by atoms with van der Waals surface area (Å²) in [5, 5.41) is 7.97. The van der Waals surface area contributed by atoms with Crippen LogP contribution in [0.5, 0.6) is 5.75 Å².